The van der Waals surface area contributed by atoms with Crippen LogP contribution in [0.15, 0.2) is 23.8 Å². The topological polar surface area (TPSA) is 0 Å². The highest BCUT2D eigenvalue weighted by atomic mass is 14.4. The molecule has 0 aliphatic heterocycles. The summed E-state index contributed by atoms with van der Waals surface area (Å²) in [5, 5.41) is 0. The molecule has 0 radical (unpaired) electrons. The molecule has 2 aliphatic carbocycles. The van der Waals surface area contributed by atoms with Gasteiger partial charge in [-0.3, -0.25) is 0 Å². The Hall–Kier alpha value is -0.520. The van der Waals surface area contributed by atoms with E-state index < -0.39 is 0 Å². The summed E-state index contributed by atoms with van der Waals surface area (Å²) in [5.74, 6) is 0.788. The molecular formula is C14H22. The first kappa shape index (κ1) is 10.0. The van der Waals surface area contributed by atoms with Crippen LogP contribution in [-0.2, 0) is 0 Å². The number of hydrogen-bond acceptors (Lipinski definition) is 0. The fourth-order valence-electron chi connectivity index (χ4n) is 3.00. The molecule has 0 aromatic heterocycles. The summed E-state index contributed by atoms with van der Waals surface area (Å²) in [6.07, 6.45) is 11.4. The molecule has 0 amide bonds. The van der Waals surface area contributed by atoms with Crippen LogP contribution in [0.3, 0.4) is 0 Å². The summed E-state index contributed by atoms with van der Waals surface area (Å²) < 4.78 is 0. The van der Waals surface area contributed by atoms with Gasteiger partial charge in [-0.25, -0.2) is 0 Å². The van der Waals surface area contributed by atoms with Gasteiger partial charge >= 0.3 is 0 Å². The van der Waals surface area contributed by atoms with Gasteiger partial charge in [-0.15, -0.1) is 0 Å². The minimum Gasteiger partial charge on any atom is -0.0842 e. The molecule has 2 aliphatic rings. The second-order valence-electron chi connectivity index (χ2n) is 6.02. The Bertz CT molecular complexity index is 289. The Kier molecular flexibility index (Phi) is 2.13. The molecule has 0 nitrogen and oxygen atoms in total. The van der Waals surface area contributed by atoms with Crippen LogP contribution in [0.5, 0.6) is 0 Å². The van der Waals surface area contributed by atoms with Crippen LogP contribution in [0.1, 0.15) is 47.0 Å². The van der Waals surface area contributed by atoms with Crippen LogP contribution in [0.4, 0.5) is 0 Å². The van der Waals surface area contributed by atoms with Gasteiger partial charge in [-0.1, -0.05) is 51.5 Å². The molecule has 0 aromatic carbocycles. The van der Waals surface area contributed by atoms with Crippen LogP contribution in [0.25, 0.3) is 0 Å². The third-order valence-corrected chi connectivity index (χ3v) is 4.01. The molecule has 0 aromatic rings. The number of hydrogen-bond donors (Lipinski definition) is 0. The SMILES string of the molecule is CC1(C)C=CC(C)(C)C2CCCC=C21. The third-order valence-electron chi connectivity index (χ3n) is 4.01. The fourth-order valence-corrected chi connectivity index (χ4v) is 3.00. The maximum atomic E-state index is 2.50. The Labute approximate surface area is 88.1 Å². The molecule has 78 valence electrons. The van der Waals surface area contributed by atoms with Gasteiger partial charge in [0.1, 0.15) is 0 Å². The van der Waals surface area contributed by atoms with Crippen molar-refractivity contribution in [3.63, 3.8) is 0 Å². The standard InChI is InChI=1S/C14H22/c1-13(2)9-10-14(3,4)12-8-6-5-7-11(12)13/h7,9-10,12H,5-6,8H2,1-4H3. The normalized spacial score (nSPS) is 33.4. The predicted octanol–water partition coefficient (Wildman–Crippen LogP) is 4.34. The first-order valence-corrected chi connectivity index (χ1v) is 5.84. The van der Waals surface area contributed by atoms with E-state index >= 15 is 0 Å². The van der Waals surface area contributed by atoms with Gasteiger partial charge in [0.15, 0.2) is 0 Å². The van der Waals surface area contributed by atoms with Crippen molar-refractivity contribution < 1.29 is 0 Å². The van der Waals surface area contributed by atoms with Crippen LogP contribution in [0.2, 0.25) is 0 Å². The van der Waals surface area contributed by atoms with Gasteiger partial charge in [0.2, 0.25) is 0 Å². The molecule has 14 heavy (non-hydrogen) atoms. The zero-order chi connectivity index (χ0) is 10.4. The largest absolute Gasteiger partial charge is 0.0842 e. The number of allylic oxidation sites excluding steroid dienone is 4. The Morgan fingerprint density at radius 2 is 1.86 bits per heavy atom. The lowest BCUT2D eigenvalue weighted by Gasteiger charge is -2.46. The van der Waals surface area contributed by atoms with Crippen molar-refractivity contribution in [1.82, 2.24) is 0 Å². The first-order chi connectivity index (χ1) is 6.43. The monoisotopic (exact) mass is 190 g/mol. The van der Waals surface area contributed by atoms with E-state index in [1.807, 2.05) is 0 Å². The van der Waals surface area contributed by atoms with E-state index in [4.69, 9.17) is 0 Å². The summed E-state index contributed by atoms with van der Waals surface area (Å²) in [6.45, 7) is 9.46. The number of rotatable bonds is 0. The molecule has 0 spiro atoms. The van der Waals surface area contributed by atoms with Gasteiger partial charge in [0, 0.05) is 5.41 Å². The van der Waals surface area contributed by atoms with Crippen molar-refractivity contribution in [1.29, 1.82) is 0 Å². The lowest BCUT2D eigenvalue weighted by Crippen LogP contribution is -2.35. The summed E-state index contributed by atoms with van der Waals surface area (Å²) in [5.41, 5.74) is 2.37. The van der Waals surface area contributed by atoms with Crippen LogP contribution in [0, 0.1) is 16.7 Å². The highest BCUT2D eigenvalue weighted by Crippen LogP contribution is 2.51. The average Bonchev–Trinajstić information content (AvgIpc) is 2.14. The Morgan fingerprint density at radius 3 is 2.50 bits per heavy atom. The highest BCUT2D eigenvalue weighted by molar-refractivity contribution is 5.32. The Morgan fingerprint density at radius 1 is 1.14 bits per heavy atom. The molecule has 0 heterocycles. The molecule has 0 heteroatoms. The van der Waals surface area contributed by atoms with Crippen molar-refractivity contribution in [2.75, 3.05) is 0 Å². The Balaban J connectivity index is 2.46. The molecule has 0 saturated heterocycles. The molecule has 2 rings (SSSR count). The molecule has 0 saturated carbocycles. The second-order valence-corrected chi connectivity index (χ2v) is 6.02. The van der Waals surface area contributed by atoms with Gasteiger partial charge in [-0.05, 0) is 30.6 Å². The third kappa shape index (κ3) is 1.45. The van der Waals surface area contributed by atoms with Crippen LogP contribution < -0.4 is 0 Å². The molecule has 0 fully saturated rings. The van der Waals surface area contributed by atoms with Crippen LogP contribution >= 0.6 is 0 Å². The second kappa shape index (κ2) is 2.98. The maximum Gasteiger partial charge on any atom is 0.00375 e. The molecule has 0 N–H and O–H groups in total. The van der Waals surface area contributed by atoms with E-state index in [9.17, 15) is 0 Å². The maximum absolute atomic E-state index is 2.50. The van der Waals surface area contributed by atoms with Gasteiger partial charge in [0.05, 0.1) is 0 Å². The summed E-state index contributed by atoms with van der Waals surface area (Å²) in [6, 6.07) is 0. The molecule has 1 atom stereocenters. The van der Waals surface area contributed by atoms with Crippen molar-refractivity contribution >= 4 is 0 Å². The minimum absolute atomic E-state index is 0.306. The van der Waals surface area contributed by atoms with Gasteiger partial charge in [-0.2, -0.15) is 0 Å². The summed E-state index contributed by atoms with van der Waals surface area (Å²) in [7, 11) is 0. The molecular weight excluding hydrogens is 168 g/mol. The van der Waals surface area contributed by atoms with Crippen molar-refractivity contribution in [2.24, 2.45) is 16.7 Å². The highest BCUT2D eigenvalue weighted by Gasteiger charge is 2.40. The van der Waals surface area contributed by atoms with Crippen LogP contribution in [-0.4, -0.2) is 0 Å². The van der Waals surface area contributed by atoms with E-state index in [-0.39, 0.29) is 0 Å². The van der Waals surface area contributed by atoms with E-state index in [2.05, 4.69) is 45.9 Å². The predicted molar refractivity (Wildman–Crippen MR) is 62.1 cm³/mol. The van der Waals surface area contributed by atoms with Crippen molar-refractivity contribution in [3.05, 3.63) is 23.8 Å². The van der Waals surface area contributed by atoms with E-state index in [0.717, 1.165) is 5.92 Å². The molecule has 1 unspecified atom stereocenters. The lowest BCUT2D eigenvalue weighted by atomic mass is 9.59. The van der Waals surface area contributed by atoms with E-state index in [1.54, 1.807) is 5.57 Å². The smallest absolute Gasteiger partial charge is 0.00375 e. The quantitative estimate of drug-likeness (QED) is 0.499. The minimum atomic E-state index is 0.306. The van der Waals surface area contributed by atoms with Crippen molar-refractivity contribution in [2.45, 2.75) is 47.0 Å². The lowest BCUT2D eigenvalue weighted by molar-refractivity contribution is 0.240. The average molecular weight is 190 g/mol. The van der Waals surface area contributed by atoms with E-state index in [1.165, 1.54) is 19.3 Å². The number of fused-ring (bicyclic) bond motifs is 1. The zero-order valence-electron chi connectivity index (χ0n) is 9.93. The fraction of sp³-hybridized carbons (Fsp3) is 0.714. The van der Waals surface area contributed by atoms with Gasteiger partial charge < -0.3 is 0 Å². The molecule has 0 bridgehead atoms. The summed E-state index contributed by atoms with van der Waals surface area (Å²) >= 11 is 0. The zero-order valence-corrected chi connectivity index (χ0v) is 9.93. The summed E-state index contributed by atoms with van der Waals surface area (Å²) in [4.78, 5) is 0. The van der Waals surface area contributed by atoms with Gasteiger partial charge in [0.25, 0.3) is 0 Å². The first-order valence-electron chi connectivity index (χ1n) is 5.84. The van der Waals surface area contributed by atoms with Crippen molar-refractivity contribution in [3.8, 4) is 0 Å². The van der Waals surface area contributed by atoms with E-state index in [0.29, 0.717) is 10.8 Å².